The van der Waals surface area contributed by atoms with Gasteiger partial charge in [-0.25, -0.2) is 0 Å². The van der Waals surface area contributed by atoms with Crippen molar-refractivity contribution in [1.29, 1.82) is 0 Å². The average Bonchev–Trinajstić information content (AvgIpc) is 3.11. The summed E-state index contributed by atoms with van der Waals surface area (Å²) in [7, 11) is 2.26. The van der Waals surface area contributed by atoms with Crippen LogP contribution in [0.5, 0.6) is 0 Å². The van der Waals surface area contributed by atoms with E-state index >= 15 is 0 Å². The highest BCUT2D eigenvalue weighted by Gasteiger charge is 2.40. The van der Waals surface area contributed by atoms with E-state index in [1.807, 2.05) is 0 Å². The van der Waals surface area contributed by atoms with Gasteiger partial charge in [-0.05, 0) is 68.0 Å². The first-order valence-corrected chi connectivity index (χ1v) is 9.48. The van der Waals surface area contributed by atoms with Crippen LogP contribution in [0.15, 0.2) is 29.2 Å². The molecule has 0 saturated heterocycles. The zero-order valence-corrected chi connectivity index (χ0v) is 14.1. The van der Waals surface area contributed by atoms with Gasteiger partial charge in [0.2, 0.25) is 0 Å². The van der Waals surface area contributed by atoms with Crippen molar-refractivity contribution in [3.63, 3.8) is 0 Å². The number of benzene rings is 1. The molecule has 2 fully saturated rings. The molecule has 0 aliphatic heterocycles. The van der Waals surface area contributed by atoms with Gasteiger partial charge in [-0.2, -0.15) is 0 Å². The second-order valence-corrected chi connectivity index (χ2v) is 7.78. The number of fused-ring (bicyclic) bond motifs is 2. The van der Waals surface area contributed by atoms with Crippen LogP contribution in [0, 0.1) is 17.8 Å². The number of likely N-dealkylation sites (N-methyl/N-ethyl adjacent to an activating group) is 1. The Morgan fingerprint density at radius 2 is 2.00 bits per heavy atom. The molecule has 4 atom stereocenters. The van der Waals surface area contributed by atoms with Crippen molar-refractivity contribution < 1.29 is 0 Å². The molecule has 2 aliphatic carbocycles. The van der Waals surface area contributed by atoms with E-state index in [1.54, 1.807) is 11.8 Å². The molecule has 1 aromatic rings. The first kappa shape index (κ1) is 15.4. The molecule has 21 heavy (non-hydrogen) atoms. The molecule has 2 saturated carbocycles. The largest absolute Gasteiger partial charge is 0.329 e. The van der Waals surface area contributed by atoms with Gasteiger partial charge >= 0.3 is 0 Å². The third-order valence-corrected chi connectivity index (χ3v) is 6.41. The third-order valence-electron chi connectivity index (χ3n) is 5.66. The van der Waals surface area contributed by atoms with Crippen LogP contribution in [-0.4, -0.2) is 31.3 Å². The maximum Gasteiger partial charge on any atom is 0.0467 e. The SMILES string of the molecule is CSc1ccc(C(CN)N(C)CC2CC3CCC2C3)cc1. The molecule has 2 bridgehead atoms. The van der Waals surface area contributed by atoms with Crippen molar-refractivity contribution in [1.82, 2.24) is 4.90 Å². The van der Waals surface area contributed by atoms with Crippen LogP contribution in [0.3, 0.4) is 0 Å². The van der Waals surface area contributed by atoms with E-state index in [0.717, 1.165) is 17.8 Å². The van der Waals surface area contributed by atoms with Gasteiger partial charge in [0.25, 0.3) is 0 Å². The summed E-state index contributed by atoms with van der Waals surface area (Å²) in [4.78, 5) is 3.82. The standard InChI is InChI=1S/C18H28N2S/c1-20(12-16-10-13-3-4-15(16)9-13)18(11-19)14-5-7-17(21-2)8-6-14/h5-8,13,15-16,18H,3-4,9-12,19H2,1-2H3. The fraction of sp³-hybridized carbons (Fsp3) is 0.667. The van der Waals surface area contributed by atoms with Gasteiger partial charge in [0, 0.05) is 24.0 Å². The van der Waals surface area contributed by atoms with Crippen LogP contribution in [0.1, 0.15) is 37.3 Å². The van der Waals surface area contributed by atoms with Crippen LogP contribution in [0.25, 0.3) is 0 Å². The predicted molar refractivity (Wildman–Crippen MR) is 91.6 cm³/mol. The average molecular weight is 305 g/mol. The van der Waals surface area contributed by atoms with Crippen molar-refractivity contribution in [3.8, 4) is 0 Å². The molecular formula is C18H28N2S. The Morgan fingerprint density at radius 1 is 1.24 bits per heavy atom. The molecule has 0 aromatic heterocycles. The van der Waals surface area contributed by atoms with Crippen molar-refractivity contribution in [2.75, 3.05) is 26.4 Å². The summed E-state index contributed by atoms with van der Waals surface area (Å²) >= 11 is 1.79. The lowest BCUT2D eigenvalue weighted by Crippen LogP contribution is -2.35. The summed E-state index contributed by atoms with van der Waals surface area (Å²) in [6, 6.07) is 9.30. The van der Waals surface area contributed by atoms with E-state index in [1.165, 1.54) is 42.7 Å². The Bertz CT molecular complexity index is 459. The fourth-order valence-electron chi connectivity index (χ4n) is 4.49. The van der Waals surface area contributed by atoms with Crippen LogP contribution < -0.4 is 5.73 Å². The van der Waals surface area contributed by atoms with Gasteiger partial charge in [0.1, 0.15) is 0 Å². The van der Waals surface area contributed by atoms with Gasteiger partial charge in [0.05, 0.1) is 0 Å². The van der Waals surface area contributed by atoms with Crippen molar-refractivity contribution in [2.24, 2.45) is 23.5 Å². The number of hydrogen-bond acceptors (Lipinski definition) is 3. The van der Waals surface area contributed by atoms with Crippen LogP contribution in [0.4, 0.5) is 0 Å². The molecule has 0 spiro atoms. The van der Waals surface area contributed by atoms with E-state index in [-0.39, 0.29) is 0 Å². The second kappa shape index (κ2) is 6.72. The van der Waals surface area contributed by atoms with E-state index < -0.39 is 0 Å². The number of rotatable bonds is 6. The van der Waals surface area contributed by atoms with E-state index in [9.17, 15) is 0 Å². The smallest absolute Gasteiger partial charge is 0.0467 e. The molecule has 2 nitrogen and oxygen atoms in total. The van der Waals surface area contributed by atoms with Crippen LogP contribution in [-0.2, 0) is 0 Å². The highest BCUT2D eigenvalue weighted by molar-refractivity contribution is 7.98. The summed E-state index contributed by atoms with van der Waals surface area (Å²) < 4.78 is 0. The summed E-state index contributed by atoms with van der Waals surface area (Å²) in [5.74, 6) is 2.94. The maximum atomic E-state index is 6.08. The maximum absolute atomic E-state index is 6.08. The first-order valence-electron chi connectivity index (χ1n) is 8.25. The molecule has 0 amide bonds. The number of nitrogens with zero attached hydrogens (tertiary/aromatic N) is 1. The summed E-state index contributed by atoms with van der Waals surface area (Å²) in [6.07, 6.45) is 8.03. The Morgan fingerprint density at radius 3 is 2.52 bits per heavy atom. The van der Waals surface area contributed by atoms with Crippen molar-refractivity contribution in [3.05, 3.63) is 29.8 Å². The molecule has 1 aromatic carbocycles. The minimum Gasteiger partial charge on any atom is -0.329 e. The second-order valence-electron chi connectivity index (χ2n) is 6.90. The molecule has 3 heteroatoms. The quantitative estimate of drug-likeness (QED) is 0.811. The molecule has 0 heterocycles. The minimum absolute atomic E-state index is 0.361. The van der Waals surface area contributed by atoms with Gasteiger partial charge in [-0.15, -0.1) is 11.8 Å². The minimum atomic E-state index is 0.361. The van der Waals surface area contributed by atoms with Crippen LogP contribution >= 0.6 is 11.8 Å². The normalized spacial score (nSPS) is 29.2. The molecule has 3 rings (SSSR count). The molecule has 116 valence electrons. The first-order chi connectivity index (χ1) is 10.2. The van der Waals surface area contributed by atoms with Crippen molar-refractivity contribution >= 4 is 11.8 Å². The summed E-state index contributed by atoms with van der Waals surface area (Å²) in [5.41, 5.74) is 7.44. The predicted octanol–water partition coefficient (Wildman–Crippen LogP) is 3.78. The van der Waals surface area contributed by atoms with Crippen LogP contribution in [0.2, 0.25) is 0 Å². The fourth-order valence-corrected chi connectivity index (χ4v) is 4.90. The Hall–Kier alpha value is -0.510. The van der Waals surface area contributed by atoms with E-state index in [0.29, 0.717) is 12.6 Å². The summed E-state index contributed by atoms with van der Waals surface area (Å²) in [6.45, 7) is 1.92. The summed E-state index contributed by atoms with van der Waals surface area (Å²) in [5, 5.41) is 0. The Kier molecular flexibility index (Phi) is 4.92. The topological polar surface area (TPSA) is 29.3 Å². The zero-order valence-electron chi connectivity index (χ0n) is 13.3. The lowest BCUT2D eigenvalue weighted by molar-refractivity contribution is 0.176. The lowest BCUT2D eigenvalue weighted by atomic mass is 9.88. The highest BCUT2D eigenvalue weighted by atomic mass is 32.2. The number of hydrogen-bond donors (Lipinski definition) is 1. The lowest BCUT2D eigenvalue weighted by Gasteiger charge is -2.32. The third kappa shape index (κ3) is 3.30. The Balaban J connectivity index is 1.64. The highest BCUT2D eigenvalue weighted by Crippen LogP contribution is 2.48. The molecule has 0 radical (unpaired) electrons. The monoisotopic (exact) mass is 304 g/mol. The molecule has 4 unspecified atom stereocenters. The van der Waals surface area contributed by atoms with Gasteiger partial charge < -0.3 is 5.73 Å². The number of thioether (sulfide) groups is 1. The Labute approximate surface area is 133 Å². The van der Waals surface area contributed by atoms with E-state index in [4.69, 9.17) is 5.73 Å². The van der Waals surface area contributed by atoms with Crippen molar-refractivity contribution in [2.45, 2.75) is 36.6 Å². The van der Waals surface area contributed by atoms with Gasteiger partial charge in [-0.1, -0.05) is 18.6 Å². The number of nitrogens with two attached hydrogens (primary N) is 1. The molecule has 2 aliphatic rings. The van der Waals surface area contributed by atoms with Gasteiger partial charge in [0.15, 0.2) is 0 Å². The van der Waals surface area contributed by atoms with Gasteiger partial charge in [-0.3, -0.25) is 4.90 Å². The molecule has 2 N–H and O–H groups in total. The zero-order chi connectivity index (χ0) is 14.8. The van der Waals surface area contributed by atoms with E-state index in [2.05, 4.69) is 42.5 Å². The molecular weight excluding hydrogens is 276 g/mol.